The van der Waals surface area contributed by atoms with E-state index in [1.54, 1.807) is 14.2 Å². The van der Waals surface area contributed by atoms with E-state index in [-0.39, 0.29) is 11.8 Å². The Bertz CT molecular complexity index is 494. The lowest BCUT2D eigenvalue weighted by Crippen LogP contribution is -2.34. The van der Waals surface area contributed by atoms with Crippen molar-refractivity contribution in [3.05, 3.63) is 23.8 Å². The molecule has 1 fully saturated rings. The summed E-state index contributed by atoms with van der Waals surface area (Å²) in [5, 5.41) is 3.08. The molecule has 1 amide bonds. The molecule has 0 heterocycles. The third-order valence-electron chi connectivity index (χ3n) is 4.43. The van der Waals surface area contributed by atoms with E-state index >= 15 is 0 Å². The number of nitrogens with one attached hydrogen (secondary N) is 1. The van der Waals surface area contributed by atoms with E-state index in [1.165, 1.54) is 19.3 Å². The van der Waals surface area contributed by atoms with Crippen molar-refractivity contribution in [2.45, 2.75) is 59.3 Å². The molecule has 1 saturated carbocycles. The van der Waals surface area contributed by atoms with Crippen molar-refractivity contribution in [1.82, 2.24) is 5.32 Å². The molecular formula is C21H35NO3. The number of hydrogen-bond donors (Lipinski definition) is 1. The van der Waals surface area contributed by atoms with Gasteiger partial charge in [-0.15, -0.1) is 0 Å². The number of rotatable bonds is 6. The van der Waals surface area contributed by atoms with Gasteiger partial charge in [0.05, 0.1) is 14.2 Å². The molecule has 1 aliphatic rings. The number of amides is 1. The Labute approximate surface area is 153 Å². The smallest absolute Gasteiger partial charge is 0.223 e. The molecule has 4 heteroatoms. The van der Waals surface area contributed by atoms with Crippen molar-refractivity contribution in [3.63, 3.8) is 0 Å². The highest BCUT2D eigenvalue weighted by Gasteiger charge is 2.24. The number of carbonyl (C=O) groups is 1. The van der Waals surface area contributed by atoms with Gasteiger partial charge in [0.2, 0.25) is 5.91 Å². The molecule has 142 valence electrons. The van der Waals surface area contributed by atoms with Gasteiger partial charge in [-0.25, -0.2) is 0 Å². The summed E-state index contributed by atoms with van der Waals surface area (Å²) < 4.78 is 10.5. The number of carbonyl (C=O) groups excluding carboxylic acids is 1. The molecule has 0 spiro atoms. The lowest BCUT2D eigenvalue weighted by molar-refractivity contribution is -0.126. The van der Waals surface area contributed by atoms with Gasteiger partial charge < -0.3 is 14.8 Å². The van der Waals surface area contributed by atoms with E-state index in [1.807, 2.05) is 18.2 Å². The monoisotopic (exact) mass is 349 g/mol. The molecule has 1 aromatic carbocycles. The highest BCUT2D eigenvalue weighted by molar-refractivity contribution is 5.78. The quantitative estimate of drug-likeness (QED) is 0.816. The van der Waals surface area contributed by atoms with Crippen molar-refractivity contribution in [2.75, 3.05) is 20.8 Å². The van der Waals surface area contributed by atoms with Crippen LogP contribution in [-0.2, 0) is 11.2 Å². The maximum Gasteiger partial charge on any atom is 0.223 e. The molecule has 0 saturated heterocycles. The first-order valence-electron chi connectivity index (χ1n) is 9.53. The highest BCUT2D eigenvalue weighted by Crippen LogP contribution is 2.28. The second-order valence-electron chi connectivity index (χ2n) is 6.94. The van der Waals surface area contributed by atoms with Crippen LogP contribution in [0, 0.1) is 11.8 Å². The minimum atomic E-state index is 0.198. The summed E-state index contributed by atoms with van der Waals surface area (Å²) in [7, 11) is 3.29. The van der Waals surface area contributed by atoms with Crippen molar-refractivity contribution < 1.29 is 14.3 Å². The zero-order valence-electron chi connectivity index (χ0n) is 16.6. The first-order chi connectivity index (χ1) is 12.0. The fourth-order valence-electron chi connectivity index (χ4n) is 3.16. The standard InChI is InChI=1S/C18H27NO3.C3H8/c1-13-5-4-6-15(9-13)18(20)19-8-7-14-10-16(21-2)12-17(11-14)22-3;1-3-2/h10-13,15H,4-9H2,1-3H3,(H,19,20);3H2,1-2H3. The summed E-state index contributed by atoms with van der Waals surface area (Å²) in [5.41, 5.74) is 1.11. The van der Waals surface area contributed by atoms with Crippen LogP contribution >= 0.6 is 0 Å². The van der Waals surface area contributed by atoms with Crippen molar-refractivity contribution in [2.24, 2.45) is 11.8 Å². The summed E-state index contributed by atoms with van der Waals surface area (Å²) >= 11 is 0. The second-order valence-corrected chi connectivity index (χ2v) is 6.94. The Balaban J connectivity index is 0.000000970. The Kier molecular flexibility index (Phi) is 10.0. The van der Waals surface area contributed by atoms with Gasteiger partial charge in [0.1, 0.15) is 11.5 Å². The predicted molar refractivity (Wildman–Crippen MR) is 103 cm³/mol. The lowest BCUT2D eigenvalue weighted by Gasteiger charge is -2.25. The molecule has 2 unspecified atom stereocenters. The van der Waals surface area contributed by atoms with Gasteiger partial charge in [-0.2, -0.15) is 0 Å². The van der Waals surface area contributed by atoms with Gasteiger partial charge in [0, 0.05) is 18.5 Å². The van der Waals surface area contributed by atoms with Crippen LogP contribution in [0.15, 0.2) is 18.2 Å². The van der Waals surface area contributed by atoms with E-state index in [2.05, 4.69) is 26.1 Å². The summed E-state index contributed by atoms with van der Waals surface area (Å²) in [5.74, 6) is 2.64. The topological polar surface area (TPSA) is 47.6 Å². The van der Waals surface area contributed by atoms with Crippen LogP contribution < -0.4 is 14.8 Å². The highest BCUT2D eigenvalue weighted by atomic mass is 16.5. The normalized spacial score (nSPS) is 19.4. The molecule has 1 aromatic rings. The van der Waals surface area contributed by atoms with Crippen LogP contribution in [0.4, 0.5) is 0 Å². The van der Waals surface area contributed by atoms with E-state index in [4.69, 9.17) is 9.47 Å². The summed E-state index contributed by atoms with van der Waals surface area (Å²) in [6, 6.07) is 5.82. The van der Waals surface area contributed by atoms with Gasteiger partial charge >= 0.3 is 0 Å². The zero-order valence-corrected chi connectivity index (χ0v) is 16.6. The molecule has 0 bridgehead atoms. The van der Waals surface area contributed by atoms with Gasteiger partial charge in [-0.05, 0) is 42.9 Å². The zero-order chi connectivity index (χ0) is 18.7. The van der Waals surface area contributed by atoms with Gasteiger partial charge in [0.15, 0.2) is 0 Å². The average molecular weight is 350 g/mol. The van der Waals surface area contributed by atoms with Crippen LogP contribution in [0.2, 0.25) is 0 Å². The first kappa shape index (κ1) is 21.3. The largest absolute Gasteiger partial charge is 0.497 e. The van der Waals surface area contributed by atoms with Gasteiger partial charge in [0.25, 0.3) is 0 Å². The second kappa shape index (κ2) is 11.8. The lowest BCUT2D eigenvalue weighted by atomic mass is 9.82. The molecule has 1 N–H and O–H groups in total. The molecular weight excluding hydrogens is 314 g/mol. The van der Waals surface area contributed by atoms with E-state index in [0.29, 0.717) is 12.5 Å². The maximum absolute atomic E-state index is 12.2. The number of hydrogen-bond acceptors (Lipinski definition) is 3. The summed E-state index contributed by atoms with van der Waals surface area (Å²) in [6.45, 7) is 7.14. The molecule has 25 heavy (non-hydrogen) atoms. The molecule has 2 rings (SSSR count). The Hall–Kier alpha value is -1.71. The van der Waals surface area contributed by atoms with Crippen LogP contribution in [0.1, 0.15) is 58.4 Å². The fraction of sp³-hybridized carbons (Fsp3) is 0.667. The number of methoxy groups -OCH3 is 2. The van der Waals surface area contributed by atoms with Crippen LogP contribution in [-0.4, -0.2) is 26.7 Å². The molecule has 0 aromatic heterocycles. The Morgan fingerprint density at radius 2 is 1.72 bits per heavy atom. The molecule has 4 nitrogen and oxygen atoms in total. The fourth-order valence-corrected chi connectivity index (χ4v) is 3.16. The third kappa shape index (κ3) is 7.80. The maximum atomic E-state index is 12.2. The minimum absolute atomic E-state index is 0.198. The third-order valence-corrected chi connectivity index (χ3v) is 4.43. The molecule has 2 atom stereocenters. The molecule has 1 aliphatic carbocycles. The SMILES string of the molecule is CCC.COc1cc(CCNC(=O)C2CCCC(C)C2)cc(OC)c1. The van der Waals surface area contributed by atoms with E-state index < -0.39 is 0 Å². The number of benzene rings is 1. The average Bonchev–Trinajstić information content (AvgIpc) is 2.62. The van der Waals surface area contributed by atoms with E-state index in [0.717, 1.165) is 36.3 Å². The predicted octanol–water partition coefficient (Wildman–Crippen LogP) is 4.61. The Morgan fingerprint density at radius 1 is 1.12 bits per heavy atom. The Morgan fingerprint density at radius 3 is 2.24 bits per heavy atom. The summed E-state index contributed by atoms with van der Waals surface area (Å²) in [6.07, 6.45) is 6.52. The molecule has 0 radical (unpaired) electrons. The van der Waals surface area contributed by atoms with Crippen LogP contribution in [0.3, 0.4) is 0 Å². The van der Waals surface area contributed by atoms with Crippen molar-refractivity contribution >= 4 is 5.91 Å². The first-order valence-corrected chi connectivity index (χ1v) is 9.53. The molecule has 0 aliphatic heterocycles. The summed E-state index contributed by atoms with van der Waals surface area (Å²) in [4.78, 5) is 12.2. The minimum Gasteiger partial charge on any atom is -0.497 e. The van der Waals surface area contributed by atoms with Gasteiger partial charge in [-0.1, -0.05) is 40.0 Å². The van der Waals surface area contributed by atoms with Gasteiger partial charge in [-0.3, -0.25) is 4.79 Å². The van der Waals surface area contributed by atoms with E-state index in [9.17, 15) is 4.79 Å². The van der Waals surface area contributed by atoms with Crippen LogP contribution in [0.25, 0.3) is 0 Å². The van der Waals surface area contributed by atoms with Crippen molar-refractivity contribution in [3.8, 4) is 11.5 Å². The van der Waals surface area contributed by atoms with Crippen molar-refractivity contribution in [1.29, 1.82) is 0 Å². The van der Waals surface area contributed by atoms with Crippen LogP contribution in [0.5, 0.6) is 11.5 Å². The number of ether oxygens (including phenoxy) is 2.